The number of ether oxygens (including phenoxy) is 1. The summed E-state index contributed by atoms with van der Waals surface area (Å²) < 4.78 is 5.45. The zero-order valence-corrected chi connectivity index (χ0v) is 10.1. The van der Waals surface area contributed by atoms with Gasteiger partial charge in [-0.15, -0.1) is 0 Å². The zero-order valence-electron chi connectivity index (χ0n) is 10.1. The van der Waals surface area contributed by atoms with Gasteiger partial charge in [0, 0.05) is 30.4 Å². The average Bonchev–Trinajstić information content (AvgIpc) is 2.38. The summed E-state index contributed by atoms with van der Waals surface area (Å²) >= 11 is 0. The minimum Gasteiger partial charge on any atom is -0.496 e. The van der Waals surface area contributed by atoms with Crippen molar-refractivity contribution >= 4 is 11.4 Å². The zero-order chi connectivity index (χ0) is 11.8. The van der Waals surface area contributed by atoms with Crippen molar-refractivity contribution in [2.24, 2.45) is 0 Å². The number of para-hydroxylation sites is 1. The highest BCUT2D eigenvalue weighted by Gasteiger charge is 2.21. The summed E-state index contributed by atoms with van der Waals surface area (Å²) in [4.78, 5) is 2.23. The Kier molecular flexibility index (Phi) is 2.29. The molecule has 17 heavy (non-hydrogen) atoms. The van der Waals surface area contributed by atoms with Crippen LogP contribution in [0, 0.1) is 0 Å². The van der Waals surface area contributed by atoms with Gasteiger partial charge in [-0.25, -0.2) is 0 Å². The monoisotopic (exact) mass is 225 g/mol. The Morgan fingerprint density at radius 2 is 1.76 bits per heavy atom. The molecule has 0 atom stereocenters. The predicted molar refractivity (Wildman–Crippen MR) is 70.3 cm³/mol. The highest BCUT2D eigenvalue weighted by atomic mass is 16.5. The smallest absolute Gasteiger partial charge is 0.124 e. The standard InChI is InChI=1S/C15H15NO/c1-16-13-7-4-3-6-11(13)10-12-14(16)8-5-9-15(12)17-2/h3-9H,10H2,1-2H3. The minimum absolute atomic E-state index is 0.944. The van der Waals surface area contributed by atoms with E-state index in [4.69, 9.17) is 4.74 Å². The molecule has 2 aromatic rings. The number of nitrogens with zero attached hydrogens (tertiary/aromatic N) is 1. The highest BCUT2D eigenvalue weighted by Crippen LogP contribution is 2.40. The molecule has 0 saturated carbocycles. The first-order valence-corrected chi connectivity index (χ1v) is 5.79. The second-order valence-electron chi connectivity index (χ2n) is 4.32. The Morgan fingerprint density at radius 3 is 2.59 bits per heavy atom. The molecule has 0 amide bonds. The van der Waals surface area contributed by atoms with Crippen molar-refractivity contribution < 1.29 is 4.74 Å². The van der Waals surface area contributed by atoms with E-state index in [1.54, 1.807) is 7.11 Å². The van der Waals surface area contributed by atoms with Crippen molar-refractivity contribution in [2.45, 2.75) is 6.42 Å². The summed E-state index contributed by atoms with van der Waals surface area (Å²) in [5.41, 5.74) is 5.15. The van der Waals surface area contributed by atoms with Gasteiger partial charge in [0.1, 0.15) is 5.75 Å². The van der Waals surface area contributed by atoms with E-state index in [0.29, 0.717) is 0 Å². The van der Waals surface area contributed by atoms with Crippen molar-refractivity contribution in [3.8, 4) is 5.75 Å². The lowest BCUT2D eigenvalue weighted by Gasteiger charge is -2.30. The van der Waals surface area contributed by atoms with Crippen molar-refractivity contribution in [1.82, 2.24) is 0 Å². The summed E-state index contributed by atoms with van der Waals surface area (Å²) in [7, 11) is 3.84. The Labute approximate surface area is 101 Å². The van der Waals surface area contributed by atoms with Crippen LogP contribution in [0.4, 0.5) is 11.4 Å². The first-order valence-electron chi connectivity index (χ1n) is 5.79. The van der Waals surface area contributed by atoms with E-state index in [0.717, 1.165) is 12.2 Å². The van der Waals surface area contributed by atoms with E-state index in [1.165, 1.54) is 22.5 Å². The van der Waals surface area contributed by atoms with Gasteiger partial charge in [0.15, 0.2) is 0 Å². The van der Waals surface area contributed by atoms with Gasteiger partial charge in [0.25, 0.3) is 0 Å². The van der Waals surface area contributed by atoms with Crippen LogP contribution < -0.4 is 9.64 Å². The number of benzene rings is 2. The third-order valence-electron chi connectivity index (χ3n) is 3.41. The van der Waals surface area contributed by atoms with Crippen molar-refractivity contribution in [3.05, 3.63) is 53.6 Å². The van der Waals surface area contributed by atoms with Crippen LogP contribution in [0.5, 0.6) is 5.75 Å². The van der Waals surface area contributed by atoms with Gasteiger partial charge in [0.2, 0.25) is 0 Å². The SMILES string of the molecule is COc1cccc2c1Cc1ccccc1N2C. The topological polar surface area (TPSA) is 12.5 Å². The fraction of sp³-hybridized carbons (Fsp3) is 0.200. The number of fused-ring (bicyclic) bond motifs is 2. The van der Waals surface area contributed by atoms with Gasteiger partial charge in [0.05, 0.1) is 7.11 Å². The van der Waals surface area contributed by atoms with E-state index in [9.17, 15) is 0 Å². The number of hydrogen-bond donors (Lipinski definition) is 0. The molecular formula is C15H15NO. The van der Waals surface area contributed by atoms with Gasteiger partial charge >= 0.3 is 0 Å². The molecule has 0 unspecified atom stereocenters. The molecule has 0 radical (unpaired) electrons. The molecule has 0 spiro atoms. The van der Waals surface area contributed by atoms with E-state index < -0.39 is 0 Å². The molecule has 0 aliphatic carbocycles. The second-order valence-corrected chi connectivity index (χ2v) is 4.32. The average molecular weight is 225 g/mol. The summed E-state index contributed by atoms with van der Waals surface area (Å²) in [6.45, 7) is 0. The fourth-order valence-electron chi connectivity index (χ4n) is 2.54. The number of methoxy groups -OCH3 is 1. The number of hydrogen-bond acceptors (Lipinski definition) is 2. The third kappa shape index (κ3) is 1.48. The van der Waals surface area contributed by atoms with E-state index >= 15 is 0 Å². The Balaban J connectivity index is 2.19. The lowest BCUT2D eigenvalue weighted by molar-refractivity contribution is 0.410. The van der Waals surface area contributed by atoms with Gasteiger partial charge in [-0.3, -0.25) is 0 Å². The number of rotatable bonds is 1. The van der Waals surface area contributed by atoms with Crippen LogP contribution in [0.3, 0.4) is 0 Å². The molecule has 2 nitrogen and oxygen atoms in total. The molecule has 1 heterocycles. The van der Waals surface area contributed by atoms with Gasteiger partial charge < -0.3 is 9.64 Å². The van der Waals surface area contributed by atoms with Crippen LogP contribution in [-0.2, 0) is 6.42 Å². The molecule has 0 aromatic heterocycles. The van der Waals surface area contributed by atoms with E-state index in [-0.39, 0.29) is 0 Å². The first-order chi connectivity index (χ1) is 8.31. The molecule has 2 heteroatoms. The molecule has 3 rings (SSSR count). The number of anilines is 2. The van der Waals surface area contributed by atoms with Gasteiger partial charge in [-0.2, -0.15) is 0 Å². The van der Waals surface area contributed by atoms with Crippen LogP contribution in [0.15, 0.2) is 42.5 Å². The van der Waals surface area contributed by atoms with Crippen LogP contribution >= 0.6 is 0 Å². The quantitative estimate of drug-likeness (QED) is 0.737. The maximum atomic E-state index is 5.45. The first kappa shape index (κ1) is 10.2. The summed E-state index contributed by atoms with van der Waals surface area (Å²) in [5.74, 6) is 0.976. The Bertz CT molecular complexity index is 563. The van der Waals surface area contributed by atoms with Crippen LogP contribution in [0.25, 0.3) is 0 Å². The van der Waals surface area contributed by atoms with E-state index in [1.807, 2.05) is 12.1 Å². The van der Waals surface area contributed by atoms with Gasteiger partial charge in [-0.05, 0) is 23.8 Å². The molecule has 0 fully saturated rings. The lowest BCUT2D eigenvalue weighted by Crippen LogP contribution is -2.18. The van der Waals surface area contributed by atoms with Crippen LogP contribution in [-0.4, -0.2) is 14.2 Å². The van der Waals surface area contributed by atoms with Crippen LogP contribution in [0.1, 0.15) is 11.1 Å². The minimum atomic E-state index is 0.944. The fourth-order valence-corrected chi connectivity index (χ4v) is 2.54. The molecule has 0 N–H and O–H groups in total. The second kappa shape index (κ2) is 3.81. The summed E-state index contributed by atoms with van der Waals surface area (Å²) in [6.07, 6.45) is 0.944. The Hall–Kier alpha value is -1.96. The molecule has 1 aliphatic rings. The molecule has 1 aliphatic heterocycles. The van der Waals surface area contributed by atoms with E-state index in [2.05, 4.69) is 42.3 Å². The molecule has 2 aromatic carbocycles. The maximum absolute atomic E-state index is 5.45. The lowest BCUT2D eigenvalue weighted by atomic mass is 9.95. The molecular weight excluding hydrogens is 210 g/mol. The molecule has 0 saturated heterocycles. The third-order valence-corrected chi connectivity index (χ3v) is 3.41. The summed E-state index contributed by atoms with van der Waals surface area (Å²) in [5, 5.41) is 0. The van der Waals surface area contributed by atoms with Crippen molar-refractivity contribution in [1.29, 1.82) is 0 Å². The van der Waals surface area contributed by atoms with Gasteiger partial charge in [-0.1, -0.05) is 24.3 Å². The molecule has 0 bridgehead atoms. The molecule has 86 valence electrons. The largest absolute Gasteiger partial charge is 0.496 e. The summed E-state index contributed by atoms with van der Waals surface area (Å²) in [6, 6.07) is 14.7. The predicted octanol–water partition coefficient (Wildman–Crippen LogP) is 3.37. The maximum Gasteiger partial charge on any atom is 0.124 e. The van der Waals surface area contributed by atoms with Crippen LogP contribution in [0.2, 0.25) is 0 Å². The Morgan fingerprint density at radius 1 is 1.00 bits per heavy atom. The van der Waals surface area contributed by atoms with Crippen molar-refractivity contribution in [3.63, 3.8) is 0 Å². The van der Waals surface area contributed by atoms with Crippen molar-refractivity contribution in [2.75, 3.05) is 19.1 Å². The highest BCUT2D eigenvalue weighted by molar-refractivity contribution is 5.75. The normalized spacial score (nSPS) is 12.9.